The summed E-state index contributed by atoms with van der Waals surface area (Å²) in [6.45, 7) is 7.11. The molecule has 1 saturated heterocycles. The summed E-state index contributed by atoms with van der Waals surface area (Å²) in [4.78, 5) is 0. The number of hydrogen-bond acceptors (Lipinski definition) is 2. The van der Waals surface area contributed by atoms with Crippen molar-refractivity contribution in [1.29, 1.82) is 0 Å². The molecule has 0 aromatic heterocycles. The van der Waals surface area contributed by atoms with Crippen LogP contribution in [0.4, 0.5) is 0 Å². The van der Waals surface area contributed by atoms with E-state index in [4.69, 9.17) is 4.74 Å². The van der Waals surface area contributed by atoms with Crippen molar-refractivity contribution in [2.24, 2.45) is 34.5 Å². The molecule has 4 saturated carbocycles. The molecule has 1 aliphatic heterocycles. The number of epoxide rings is 1. The van der Waals surface area contributed by atoms with Crippen LogP contribution in [0.1, 0.15) is 72.1 Å². The van der Waals surface area contributed by atoms with Crippen molar-refractivity contribution in [3.05, 3.63) is 0 Å². The fraction of sp³-hybridized carbons (Fsp3) is 1.00. The highest BCUT2D eigenvalue weighted by Crippen LogP contribution is 2.69. The van der Waals surface area contributed by atoms with E-state index >= 15 is 0 Å². The van der Waals surface area contributed by atoms with Gasteiger partial charge in [0.25, 0.3) is 0 Å². The van der Waals surface area contributed by atoms with Crippen molar-refractivity contribution in [1.82, 2.24) is 0 Å². The zero-order valence-electron chi connectivity index (χ0n) is 14.5. The predicted octanol–water partition coefficient (Wildman–Crippen LogP) is 4.16. The van der Waals surface area contributed by atoms with Gasteiger partial charge in [0, 0.05) is 0 Å². The van der Waals surface area contributed by atoms with Crippen LogP contribution < -0.4 is 0 Å². The predicted molar refractivity (Wildman–Crippen MR) is 86.4 cm³/mol. The Hall–Kier alpha value is -0.0800. The van der Waals surface area contributed by atoms with Crippen molar-refractivity contribution in [3.63, 3.8) is 0 Å². The highest BCUT2D eigenvalue weighted by Gasteiger charge is 2.65. The fourth-order valence-corrected chi connectivity index (χ4v) is 7.76. The molecule has 4 aliphatic carbocycles. The normalized spacial score (nSPS) is 66.0. The summed E-state index contributed by atoms with van der Waals surface area (Å²) in [5, 5.41) is 11.0. The molecule has 9 atom stereocenters. The van der Waals surface area contributed by atoms with Crippen LogP contribution in [-0.4, -0.2) is 22.9 Å². The van der Waals surface area contributed by atoms with E-state index in [1.54, 1.807) is 0 Å². The lowest BCUT2D eigenvalue weighted by Crippen LogP contribution is -2.56. The monoisotopic (exact) mass is 304 g/mol. The van der Waals surface area contributed by atoms with Crippen molar-refractivity contribution >= 4 is 0 Å². The Morgan fingerprint density at radius 1 is 0.909 bits per heavy atom. The summed E-state index contributed by atoms with van der Waals surface area (Å²) < 4.78 is 5.91. The van der Waals surface area contributed by atoms with Crippen LogP contribution in [-0.2, 0) is 4.74 Å². The molecule has 5 fully saturated rings. The topological polar surface area (TPSA) is 32.8 Å². The van der Waals surface area contributed by atoms with Gasteiger partial charge in [0.05, 0.1) is 17.8 Å². The molecule has 1 heterocycles. The van der Waals surface area contributed by atoms with E-state index in [0.29, 0.717) is 17.6 Å². The molecule has 0 bridgehead atoms. The molecule has 0 amide bonds. The first-order chi connectivity index (χ1) is 10.4. The second kappa shape index (κ2) is 4.11. The average Bonchev–Trinajstić information content (AvgIpc) is 3.14. The van der Waals surface area contributed by atoms with E-state index in [1.807, 2.05) is 0 Å². The number of rotatable bonds is 0. The van der Waals surface area contributed by atoms with Crippen molar-refractivity contribution in [2.45, 2.75) is 89.9 Å². The van der Waals surface area contributed by atoms with Gasteiger partial charge in [0.15, 0.2) is 0 Å². The Balaban J connectivity index is 1.48. The molecule has 2 nitrogen and oxygen atoms in total. The molecular weight excluding hydrogens is 272 g/mol. The molecule has 0 aromatic carbocycles. The Bertz CT molecular complexity index is 500. The smallest absolute Gasteiger partial charge is 0.0847 e. The number of hydrogen-bond donors (Lipinski definition) is 1. The largest absolute Gasteiger partial charge is 0.390 e. The van der Waals surface area contributed by atoms with Gasteiger partial charge < -0.3 is 9.84 Å². The van der Waals surface area contributed by atoms with Crippen molar-refractivity contribution in [2.75, 3.05) is 0 Å². The SMILES string of the molecule is C[C@]12C[C@H]3O[C@H]3CC1CCC1C2CC[C@@]2(C)C1CC[C@]2(C)O. The Labute approximate surface area is 135 Å². The maximum Gasteiger partial charge on any atom is 0.0847 e. The summed E-state index contributed by atoms with van der Waals surface area (Å²) in [7, 11) is 0. The number of fused-ring (bicyclic) bond motifs is 6. The maximum atomic E-state index is 11.0. The molecule has 22 heavy (non-hydrogen) atoms. The lowest BCUT2D eigenvalue weighted by molar-refractivity contribution is -0.143. The minimum atomic E-state index is -0.433. The van der Waals surface area contributed by atoms with E-state index in [-0.39, 0.29) is 5.41 Å². The van der Waals surface area contributed by atoms with Gasteiger partial charge in [-0.25, -0.2) is 0 Å². The average molecular weight is 304 g/mol. The lowest BCUT2D eigenvalue weighted by Gasteiger charge is -2.60. The first-order valence-corrected chi connectivity index (χ1v) is 9.73. The molecule has 124 valence electrons. The molecule has 0 radical (unpaired) electrons. The van der Waals surface area contributed by atoms with Crippen molar-refractivity contribution < 1.29 is 9.84 Å². The van der Waals surface area contributed by atoms with Crippen LogP contribution in [0.15, 0.2) is 0 Å². The van der Waals surface area contributed by atoms with Gasteiger partial charge >= 0.3 is 0 Å². The van der Waals surface area contributed by atoms with Crippen LogP contribution in [0.3, 0.4) is 0 Å². The zero-order chi connectivity index (χ0) is 15.3. The van der Waals surface area contributed by atoms with Gasteiger partial charge in [-0.2, -0.15) is 0 Å². The third kappa shape index (κ3) is 1.59. The standard InChI is InChI=1S/C20H32O2/c1-18-11-17-16(22-17)10-12(18)4-5-13-14(18)6-8-19(2)15(13)7-9-20(19,3)21/h12-17,21H,4-11H2,1-3H3/t12?,13?,14?,15?,16-,17+,18-,19-,20-/m0/s1. The molecule has 4 unspecified atom stereocenters. The van der Waals surface area contributed by atoms with E-state index < -0.39 is 5.60 Å². The second-order valence-electron chi connectivity index (χ2n) is 10.1. The maximum absolute atomic E-state index is 11.0. The van der Waals surface area contributed by atoms with Gasteiger partial charge in [0.2, 0.25) is 0 Å². The highest BCUT2D eigenvalue weighted by molar-refractivity contribution is 5.14. The molecule has 0 aromatic rings. The summed E-state index contributed by atoms with van der Waals surface area (Å²) in [6, 6.07) is 0. The van der Waals surface area contributed by atoms with Gasteiger partial charge in [-0.15, -0.1) is 0 Å². The number of ether oxygens (including phenoxy) is 1. The van der Waals surface area contributed by atoms with Crippen LogP contribution in [0.2, 0.25) is 0 Å². The Morgan fingerprint density at radius 3 is 2.50 bits per heavy atom. The minimum absolute atomic E-state index is 0.171. The Kier molecular flexibility index (Phi) is 2.67. The van der Waals surface area contributed by atoms with E-state index in [0.717, 1.165) is 30.1 Å². The van der Waals surface area contributed by atoms with Gasteiger partial charge in [-0.1, -0.05) is 13.8 Å². The van der Waals surface area contributed by atoms with Gasteiger partial charge in [-0.05, 0) is 92.8 Å². The summed E-state index contributed by atoms with van der Waals surface area (Å²) >= 11 is 0. The molecule has 2 heteroatoms. The summed E-state index contributed by atoms with van der Waals surface area (Å²) in [5.74, 6) is 3.42. The van der Waals surface area contributed by atoms with Gasteiger partial charge in [0.1, 0.15) is 0 Å². The third-order valence-electron chi connectivity index (χ3n) is 9.47. The molecule has 1 N–H and O–H groups in total. The molecule has 5 rings (SSSR count). The van der Waals surface area contributed by atoms with Crippen molar-refractivity contribution in [3.8, 4) is 0 Å². The summed E-state index contributed by atoms with van der Waals surface area (Å²) in [6.07, 6.45) is 11.6. The third-order valence-corrected chi connectivity index (χ3v) is 9.47. The van der Waals surface area contributed by atoms with Crippen LogP contribution in [0.5, 0.6) is 0 Å². The Morgan fingerprint density at radius 2 is 1.68 bits per heavy atom. The second-order valence-corrected chi connectivity index (χ2v) is 10.1. The quantitative estimate of drug-likeness (QED) is 0.682. The van der Waals surface area contributed by atoms with E-state index in [1.165, 1.54) is 44.9 Å². The molecule has 0 spiro atoms. The molecule has 5 aliphatic rings. The minimum Gasteiger partial charge on any atom is -0.390 e. The highest BCUT2D eigenvalue weighted by atomic mass is 16.6. The molecular formula is C20H32O2. The zero-order valence-corrected chi connectivity index (χ0v) is 14.5. The van der Waals surface area contributed by atoms with Crippen LogP contribution in [0, 0.1) is 34.5 Å². The first-order valence-electron chi connectivity index (χ1n) is 9.73. The van der Waals surface area contributed by atoms with Gasteiger partial charge in [-0.3, -0.25) is 0 Å². The van der Waals surface area contributed by atoms with Crippen LogP contribution >= 0.6 is 0 Å². The summed E-state index contributed by atoms with van der Waals surface area (Å²) in [5.41, 5.74) is 0.263. The fourth-order valence-electron chi connectivity index (χ4n) is 7.76. The number of aliphatic hydroxyl groups is 1. The lowest BCUT2D eigenvalue weighted by atomic mass is 9.44. The van der Waals surface area contributed by atoms with E-state index in [2.05, 4.69) is 20.8 Å². The van der Waals surface area contributed by atoms with Crippen LogP contribution in [0.25, 0.3) is 0 Å². The van der Waals surface area contributed by atoms with E-state index in [9.17, 15) is 5.11 Å². The first kappa shape index (κ1) is 14.3.